The topological polar surface area (TPSA) is 88.4 Å². The zero-order valence-electron chi connectivity index (χ0n) is 10.4. The monoisotopic (exact) mass is 276 g/mol. The first-order valence-corrected chi connectivity index (χ1v) is 6.29. The Hall–Kier alpha value is -1.19. The maximum Gasteiger partial charge on any atom is 0.327 e. The van der Waals surface area contributed by atoms with Crippen molar-refractivity contribution >= 4 is 17.7 Å². The van der Waals surface area contributed by atoms with E-state index in [0.717, 1.165) is 0 Å². The standard InChI is InChI=1S/C9H16N4O4S/c1-15-3-4-17-5-6-18-9-10-11-12-13(9)7-8(14)16-2/h3-7H2,1-2H3. The highest BCUT2D eigenvalue weighted by atomic mass is 32.2. The molecule has 0 saturated heterocycles. The van der Waals surface area contributed by atoms with Gasteiger partial charge in [0.1, 0.15) is 6.54 Å². The fourth-order valence-corrected chi connectivity index (χ4v) is 1.75. The van der Waals surface area contributed by atoms with E-state index in [1.54, 1.807) is 7.11 Å². The quantitative estimate of drug-likeness (QED) is 0.342. The van der Waals surface area contributed by atoms with E-state index in [1.165, 1.54) is 23.6 Å². The van der Waals surface area contributed by atoms with Crippen molar-refractivity contribution in [2.24, 2.45) is 0 Å². The molecule has 0 radical (unpaired) electrons. The lowest BCUT2D eigenvalue weighted by atomic mass is 10.7. The Bertz CT molecular complexity index is 360. The number of ether oxygens (including phenoxy) is 3. The SMILES string of the molecule is COCCOCCSc1nnnn1CC(=O)OC. The smallest absolute Gasteiger partial charge is 0.327 e. The van der Waals surface area contributed by atoms with Crippen LogP contribution in [0.3, 0.4) is 0 Å². The van der Waals surface area contributed by atoms with E-state index in [2.05, 4.69) is 20.3 Å². The number of tetrazole rings is 1. The van der Waals surface area contributed by atoms with Gasteiger partial charge in [-0.3, -0.25) is 4.79 Å². The van der Waals surface area contributed by atoms with Crippen molar-refractivity contribution in [1.29, 1.82) is 0 Å². The molecule has 1 rings (SSSR count). The second kappa shape index (κ2) is 8.84. The number of esters is 1. The van der Waals surface area contributed by atoms with Crippen LogP contribution in [0.2, 0.25) is 0 Å². The number of thioether (sulfide) groups is 1. The van der Waals surface area contributed by atoms with Crippen LogP contribution in [0, 0.1) is 0 Å². The number of carbonyl (C=O) groups excluding carboxylic acids is 1. The molecule has 18 heavy (non-hydrogen) atoms. The molecule has 0 atom stereocenters. The Kier molecular flexibility index (Phi) is 7.30. The van der Waals surface area contributed by atoms with Crippen LogP contribution in [0.5, 0.6) is 0 Å². The van der Waals surface area contributed by atoms with E-state index < -0.39 is 0 Å². The summed E-state index contributed by atoms with van der Waals surface area (Å²) in [6, 6.07) is 0. The minimum atomic E-state index is -0.388. The number of methoxy groups -OCH3 is 2. The van der Waals surface area contributed by atoms with E-state index in [1.807, 2.05) is 0 Å². The van der Waals surface area contributed by atoms with Crippen molar-refractivity contribution in [1.82, 2.24) is 20.2 Å². The summed E-state index contributed by atoms with van der Waals surface area (Å²) in [5.74, 6) is 0.311. The Labute approximate surface area is 109 Å². The maximum absolute atomic E-state index is 11.1. The Balaban J connectivity index is 2.25. The Morgan fingerprint density at radius 1 is 1.33 bits per heavy atom. The third kappa shape index (κ3) is 5.43. The first-order chi connectivity index (χ1) is 8.77. The third-order valence-corrected chi connectivity index (χ3v) is 2.82. The van der Waals surface area contributed by atoms with Crippen molar-refractivity contribution in [3.8, 4) is 0 Å². The van der Waals surface area contributed by atoms with E-state index in [4.69, 9.17) is 9.47 Å². The summed E-state index contributed by atoms with van der Waals surface area (Å²) in [6.45, 7) is 1.71. The summed E-state index contributed by atoms with van der Waals surface area (Å²) < 4.78 is 16.1. The highest BCUT2D eigenvalue weighted by Gasteiger charge is 2.10. The molecule has 1 aromatic heterocycles. The lowest BCUT2D eigenvalue weighted by Crippen LogP contribution is -2.14. The minimum Gasteiger partial charge on any atom is -0.468 e. The van der Waals surface area contributed by atoms with Crippen molar-refractivity contribution in [2.75, 3.05) is 39.8 Å². The molecule has 9 heteroatoms. The van der Waals surface area contributed by atoms with Crippen LogP contribution < -0.4 is 0 Å². The summed E-state index contributed by atoms with van der Waals surface area (Å²) in [5.41, 5.74) is 0. The van der Waals surface area contributed by atoms with Gasteiger partial charge in [-0.15, -0.1) is 5.10 Å². The molecular weight excluding hydrogens is 260 g/mol. The number of nitrogens with zero attached hydrogens (tertiary/aromatic N) is 4. The molecule has 0 aliphatic rings. The molecule has 0 N–H and O–H groups in total. The normalized spacial score (nSPS) is 10.6. The van der Waals surface area contributed by atoms with Crippen LogP contribution in [0.25, 0.3) is 0 Å². The van der Waals surface area contributed by atoms with Gasteiger partial charge >= 0.3 is 5.97 Å². The van der Waals surface area contributed by atoms with Gasteiger partial charge in [0.2, 0.25) is 5.16 Å². The van der Waals surface area contributed by atoms with Crippen LogP contribution in [0.15, 0.2) is 5.16 Å². The molecule has 0 unspecified atom stereocenters. The molecule has 8 nitrogen and oxygen atoms in total. The highest BCUT2D eigenvalue weighted by Crippen LogP contribution is 2.12. The summed E-state index contributed by atoms with van der Waals surface area (Å²) >= 11 is 1.42. The lowest BCUT2D eigenvalue weighted by molar-refractivity contribution is -0.141. The second-order valence-corrected chi connectivity index (χ2v) is 4.21. The molecule has 1 aromatic rings. The first-order valence-electron chi connectivity index (χ1n) is 5.30. The molecule has 0 amide bonds. The number of hydrogen-bond donors (Lipinski definition) is 0. The largest absolute Gasteiger partial charge is 0.468 e. The van der Waals surface area contributed by atoms with Crippen LogP contribution in [-0.2, 0) is 25.5 Å². The molecule has 102 valence electrons. The average molecular weight is 276 g/mol. The molecule has 0 fully saturated rings. The van der Waals surface area contributed by atoms with Gasteiger partial charge in [0, 0.05) is 12.9 Å². The predicted molar refractivity (Wildman–Crippen MR) is 63.3 cm³/mol. The van der Waals surface area contributed by atoms with Crippen molar-refractivity contribution in [3.63, 3.8) is 0 Å². The molecule has 1 heterocycles. The fourth-order valence-electron chi connectivity index (χ4n) is 1.02. The van der Waals surface area contributed by atoms with Gasteiger partial charge in [0.25, 0.3) is 0 Å². The molecule has 0 aromatic carbocycles. The number of aromatic nitrogens is 4. The zero-order valence-corrected chi connectivity index (χ0v) is 11.2. The van der Waals surface area contributed by atoms with E-state index in [0.29, 0.717) is 30.7 Å². The number of carbonyl (C=O) groups is 1. The van der Waals surface area contributed by atoms with Gasteiger partial charge in [-0.05, 0) is 10.4 Å². The lowest BCUT2D eigenvalue weighted by Gasteiger charge is -2.04. The summed E-state index contributed by atoms with van der Waals surface area (Å²) in [6.07, 6.45) is 0. The summed E-state index contributed by atoms with van der Waals surface area (Å²) in [4.78, 5) is 11.1. The molecule has 0 aliphatic carbocycles. The van der Waals surface area contributed by atoms with E-state index in [-0.39, 0.29) is 12.5 Å². The highest BCUT2D eigenvalue weighted by molar-refractivity contribution is 7.99. The molecule has 0 spiro atoms. The van der Waals surface area contributed by atoms with Gasteiger partial charge in [-0.1, -0.05) is 11.8 Å². The third-order valence-electron chi connectivity index (χ3n) is 1.90. The molecule has 0 bridgehead atoms. The zero-order chi connectivity index (χ0) is 13.2. The molecule has 0 saturated carbocycles. The molecular formula is C9H16N4O4S. The van der Waals surface area contributed by atoms with Gasteiger partial charge in [0.05, 0.1) is 26.9 Å². The number of rotatable bonds is 9. The van der Waals surface area contributed by atoms with Crippen molar-refractivity contribution < 1.29 is 19.0 Å². The molecule has 0 aliphatic heterocycles. The second-order valence-electron chi connectivity index (χ2n) is 3.15. The van der Waals surface area contributed by atoms with Gasteiger partial charge in [0.15, 0.2) is 0 Å². The average Bonchev–Trinajstić information content (AvgIpc) is 2.81. The minimum absolute atomic E-state index is 0.0103. The van der Waals surface area contributed by atoms with Crippen LogP contribution in [0.4, 0.5) is 0 Å². The first kappa shape index (κ1) is 14.9. The van der Waals surface area contributed by atoms with Gasteiger partial charge in [-0.25, -0.2) is 4.68 Å². The predicted octanol–water partition coefficient (Wildman–Crippen LogP) is -0.399. The van der Waals surface area contributed by atoms with Crippen molar-refractivity contribution in [3.05, 3.63) is 0 Å². The van der Waals surface area contributed by atoms with Crippen LogP contribution in [0.1, 0.15) is 0 Å². The van der Waals surface area contributed by atoms with E-state index in [9.17, 15) is 4.79 Å². The van der Waals surface area contributed by atoms with Gasteiger partial charge < -0.3 is 14.2 Å². The van der Waals surface area contributed by atoms with Gasteiger partial charge in [-0.2, -0.15) is 0 Å². The fraction of sp³-hybridized carbons (Fsp3) is 0.778. The Morgan fingerprint density at radius 2 is 2.17 bits per heavy atom. The van der Waals surface area contributed by atoms with Crippen LogP contribution >= 0.6 is 11.8 Å². The maximum atomic E-state index is 11.1. The van der Waals surface area contributed by atoms with Crippen molar-refractivity contribution in [2.45, 2.75) is 11.7 Å². The summed E-state index contributed by atoms with van der Waals surface area (Å²) in [7, 11) is 2.95. The number of hydrogen-bond acceptors (Lipinski definition) is 8. The Morgan fingerprint density at radius 3 is 2.89 bits per heavy atom. The summed E-state index contributed by atoms with van der Waals surface area (Å²) in [5, 5.41) is 11.6. The van der Waals surface area contributed by atoms with E-state index >= 15 is 0 Å². The van der Waals surface area contributed by atoms with Crippen LogP contribution in [-0.4, -0.2) is 66.0 Å².